The van der Waals surface area contributed by atoms with Gasteiger partial charge in [-0.3, -0.25) is 0 Å². The molecule has 1 aromatic carbocycles. The zero-order chi connectivity index (χ0) is 5.82. The fraction of sp³-hybridized carbons (Fsp3) is 0.125. The molecular weight excluding hydrogens is 96.1 g/mol. The summed E-state index contributed by atoms with van der Waals surface area (Å²) in [4.78, 5) is 0. The van der Waals surface area contributed by atoms with Crippen LogP contribution in [0.2, 0.25) is 0 Å². The summed E-state index contributed by atoms with van der Waals surface area (Å²) in [6.07, 6.45) is 2.08. The van der Waals surface area contributed by atoms with Crippen LogP contribution >= 0.6 is 0 Å². The summed E-state index contributed by atoms with van der Waals surface area (Å²) in [6, 6.07) is 10.3. The van der Waals surface area contributed by atoms with Crippen LogP contribution in [0.25, 0.3) is 0 Å². The van der Waals surface area contributed by atoms with Crippen molar-refractivity contribution in [3.63, 3.8) is 0 Å². The molecule has 0 saturated carbocycles. The SMILES string of the molecule is C[CH]c1ccccc1. The molecule has 1 radical (unpaired) electrons. The van der Waals surface area contributed by atoms with Gasteiger partial charge in [0.25, 0.3) is 0 Å². The van der Waals surface area contributed by atoms with E-state index in [0.717, 1.165) is 0 Å². The highest BCUT2D eigenvalue weighted by molar-refractivity contribution is 5.20. The van der Waals surface area contributed by atoms with Crippen LogP contribution < -0.4 is 0 Å². The molecule has 0 amide bonds. The Morgan fingerprint density at radius 2 is 1.75 bits per heavy atom. The van der Waals surface area contributed by atoms with E-state index in [4.69, 9.17) is 0 Å². The monoisotopic (exact) mass is 105 g/mol. The summed E-state index contributed by atoms with van der Waals surface area (Å²) in [6.45, 7) is 2.04. The quantitative estimate of drug-likeness (QED) is 0.514. The van der Waals surface area contributed by atoms with Gasteiger partial charge >= 0.3 is 0 Å². The second-order valence-electron chi connectivity index (χ2n) is 1.70. The second-order valence-corrected chi connectivity index (χ2v) is 1.70. The van der Waals surface area contributed by atoms with E-state index in [2.05, 4.69) is 18.6 Å². The average molecular weight is 105 g/mol. The zero-order valence-electron chi connectivity index (χ0n) is 4.96. The molecule has 0 saturated heterocycles. The van der Waals surface area contributed by atoms with Crippen molar-refractivity contribution >= 4 is 0 Å². The predicted octanol–water partition coefficient (Wildman–Crippen LogP) is 2.26. The highest BCUT2D eigenvalue weighted by atomic mass is 13.9. The van der Waals surface area contributed by atoms with Crippen molar-refractivity contribution in [2.24, 2.45) is 0 Å². The van der Waals surface area contributed by atoms with Gasteiger partial charge in [-0.1, -0.05) is 37.3 Å². The summed E-state index contributed by atoms with van der Waals surface area (Å²) < 4.78 is 0. The van der Waals surface area contributed by atoms with Gasteiger partial charge in [-0.15, -0.1) is 0 Å². The third-order valence-corrected chi connectivity index (χ3v) is 1.13. The van der Waals surface area contributed by atoms with Crippen molar-refractivity contribution in [1.82, 2.24) is 0 Å². The molecule has 1 rings (SSSR count). The van der Waals surface area contributed by atoms with E-state index in [9.17, 15) is 0 Å². The van der Waals surface area contributed by atoms with E-state index >= 15 is 0 Å². The Kier molecular flexibility index (Phi) is 1.68. The topological polar surface area (TPSA) is 0 Å². The van der Waals surface area contributed by atoms with Crippen molar-refractivity contribution in [3.8, 4) is 0 Å². The van der Waals surface area contributed by atoms with E-state index in [1.165, 1.54) is 5.56 Å². The normalized spacial score (nSPS) is 9.12. The Bertz CT molecular complexity index is 141. The van der Waals surface area contributed by atoms with Gasteiger partial charge in [-0.25, -0.2) is 0 Å². The Labute approximate surface area is 50.2 Å². The first kappa shape index (κ1) is 5.36. The van der Waals surface area contributed by atoms with Crippen LogP contribution in [0.5, 0.6) is 0 Å². The number of hydrogen-bond acceptors (Lipinski definition) is 0. The van der Waals surface area contributed by atoms with Gasteiger partial charge in [-0.2, -0.15) is 0 Å². The van der Waals surface area contributed by atoms with E-state index in [1.807, 2.05) is 25.1 Å². The van der Waals surface area contributed by atoms with E-state index in [0.29, 0.717) is 0 Å². The number of benzene rings is 1. The minimum atomic E-state index is 1.28. The highest BCUT2D eigenvalue weighted by Crippen LogP contribution is 1.98. The molecule has 0 atom stereocenters. The van der Waals surface area contributed by atoms with Crippen LogP contribution in [0, 0.1) is 6.42 Å². The Balaban J connectivity index is 2.83. The van der Waals surface area contributed by atoms with Gasteiger partial charge in [0.15, 0.2) is 0 Å². The first-order valence-corrected chi connectivity index (χ1v) is 2.78. The van der Waals surface area contributed by atoms with Crippen LogP contribution in [-0.4, -0.2) is 0 Å². The third-order valence-electron chi connectivity index (χ3n) is 1.13. The Morgan fingerprint density at radius 3 is 2.12 bits per heavy atom. The number of hydrogen-bond donors (Lipinski definition) is 0. The molecule has 0 spiro atoms. The maximum Gasteiger partial charge on any atom is -0.0124 e. The van der Waals surface area contributed by atoms with Gasteiger partial charge in [0.2, 0.25) is 0 Å². The van der Waals surface area contributed by atoms with Crippen molar-refractivity contribution in [1.29, 1.82) is 0 Å². The van der Waals surface area contributed by atoms with E-state index < -0.39 is 0 Å². The average Bonchev–Trinajstić information content (AvgIpc) is 1.90. The molecule has 0 N–H and O–H groups in total. The lowest BCUT2D eigenvalue weighted by Crippen LogP contribution is -1.70. The molecule has 0 fully saturated rings. The minimum Gasteiger partial charge on any atom is -0.0622 e. The van der Waals surface area contributed by atoms with Gasteiger partial charge in [0.05, 0.1) is 0 Å². The standard InChI is InChI=1S/C8H9/c1-2-8-6-4-3-5-7-8/h2-7H,1H3. The molecule has 0 aliphatic carbocycles. The highest BCUT2D eigenvalue weighted by Gasteiger charge is 1.80. The summed E-state index contributed by atoms with van der Waals surface area (Å²) in [5, 5.41) is 0. The van der Waals surface area contributed by atoms with E-state index in [-0.39, 0.29) is 0 Å². The summed E-state index contributed by atoms with van der Waals surface area (Å²) in [5.41, 5.74) is 1.28. The molecule has 1 aromatic rings. The lowest BCUT2D eigenvalue weighted by Gasteiger charge is -1.89. The lowest BCUT2D eigenvalue weighted by atomic mass is 10.2. The van der Waals surface area contributed by atoms with Crippen molar-refractivity contribution in [3.05, 3.63) is 42.3 Å². The lowest BCUT2D eigenvalue weighted by molar-refractivity contribution is 1.43. The van der Waals surface area contributed by atoms with Gasteiger partial charge in [0, 0.05) is 0 Å². The van der Waals surface area contributed by atoms with Crippen LogP contribution in [-0.2, 0) is 0 Å². The first-order valence-electron chi connectivity index (χ1n) is 2.78. The first-order chi connectivity index (χ1) is 3.93. The molecule has 0 bridgehead atoms. The predicted molar refractivity (Wildman–Crippen MR) is 35.5 cm³/mol. The third kappa shape index (κ3) is 1.09. The molecule has 0 heterocycles. The van der Waals surface area contributed by atoms with Gasteiger partial charge in [0.1, 0.15) is 0 Å². The molecule has 0 heteroatoms. The summed E-state index contributed by atoms with van der Waals surface area (Å²) in [7, 11) is 0. The minimum absolute atomic E-state index is 1.28. The largest absolute Gasteiger partial charge is 0.0622 e. The summed E-state index contributed by atoms with van der Waals surface area (Å²) >= 11 is 0. The van der Waals surface area contributed by atoms with Gasteiger partial charge < -0.3 is 0 Å². The maximum atomic E-state index is 2.08. The van der Waals surface area contributed by atoms with Crippen LogP contribution in [0.1, 0.15) is 12.5 Å². The molecule has 8 heavy (non-hydrogen) atoms. The fourth-order valence-electron chi connectivity index (χ4n) is 0.645. The van der Waals surface area contributed by atoms with Gasteiger partial charge in [-0.05, 0) is 12.0 Å². The molecule has 0 aliphatic rings. The second kappa shape index (κ2) is 2.51. The van der Waals surface area contributed by atoms with Crippen molar-refractivity contribution in [2.45, 2.75) is 6.92 Å². The molecule has 41 valence electrons. The Morgan fingerprint density at radius 1 is 1.12 bits per heavy atom. The molecular formula is C8H9. The van der Waals surface area contributed by atoms with Crippen LogP contribution in [0.15, 0.2) is 30.3 Å². The maximum absolute atomic E-state index is 2.08. The Hall–Kier alpha value is -0.780. The van der Waals surface area contributed by atoms with E-state index in [1.54, 1.807) is 0 Å². The van der Waals surface area contributed by atoms with Crippen molar-refractivity contribution < 1.29 is 0 Å². The zero-order valence-corrected chi connectivity index (χ0v) is 4.96. The number of rotatable bonds is 1. The summed E-state index contributed by atoms with van der Waals surface area (Å²) in [5.74, 6) is 0. The van der Waals surface area contributed by atoms with Crippen molar-refractivity contribution in [2.75, 3.05) is 0 Å². The smallest absolute Gasteiger partial charge is 0.0124 e. The molecule has 0 aromatic heterocycles. The molecule has 0 aliphatic heterocycles. The molecule has 0 unspecified atom stereocenters. The van der Waals surface area contributed by atoms with Crippen LogP contribution in [0.3, 0.4) is 0 Å². The van der Waals surface area contributed by atoms with Crippen LogP contribution in [0.4, 0.5) is 0 Å². The fourth-order valence-corrected chi connectivity index (χ4v) is 0.645. The molecule has 0 nitrogen and oxygen atoms in total.